The number of benzene rings is 1. The molecule has 0 amide bonds. The second-order valence-corrected chi connectivity index (χ2v) is 7.87. The molecule has 2 aromatic rings. The fraction of sp³-hybridized carbons (Fsp3) is 0.294. The summed E-state index contributed by atoms with van der Waals surface area (Å²) in [5.74, 6) is 0.798. The first-order valence-corrected chi connectivity index (χ1v) is 9.83. The quantitative estimate of drug-likeness (QED) is 0.835. The molecule has 1 aliphatic heterocycles. The normalized spacial score (nSPS) is 14.8. The van der Waals surface area contributed by atoms with Crippen LogP contribution in [0.5, 0.6) is 0 Å². The molecule has 1 aromatic carbocycles. The Morgan fingerprint density at radius 1 is 1.27 bits per heavy atom. The highest BCUT2D eigenvalue weighted by Crippen LogP contribution is 2.20. The van der Waals surface area contributed by atoms with Crippen LogP contribution in [-0.4, -0.2) is 39.7 Å². The Balaban J connectivity index is 1.72. The van der Waals surface area contributed by atoms with Gasteiger partial charge in [0.25, 0.3) is 0 Å². The van der Waals surface area contributed by atoms with Gasteiger partial charge in [-0.2, -0.15) is 5.26 Å². The van der Waals surface area contributed by atoms with Crippen molar-refractivity contribution in [3.63, 3.8) is 0 Å². The van der Waals surface area contributed by atoms with E-state index in [1.54, 1.807) is 12.3 Å². The molecule has 1 fully saturated rings. The molecule has 0 spiro atoms. The minimum Gasteiger partial charge on any atom is -0.378 e. The van der Waals surface area contributed by atoms with Crippen LogP contribution in [0.4, 0.5) is 5.82 Å². The van der Waals surface area contributed by atoms with Crippen LogP contribution in [0.1, 0.15) is 11.1 Å². The number of nitrogens with zero attached hydrogens (tertiary/aromatic N) is 3. The molecule has 2 heterocycles. The number of aromatic nitrogens is 1. The van der Waals surface area contributed by atoms with E-state index in [1.165, 1.54) is 18.2 Å². The minimum atomic E-state index is -3.74. The number of ether oxygens (including phenoxy) is 1. The number of morpholine rings is 1. The van der Waals surface area contributed by atoms with Crippen molar-refractivity contribution in [2.45, 2.75) is 11.4 Å². The average molecular weight is 393 g/mol. The highest BCUT2D eigenvalue weighted by molar-refractivity contribution is 7.89. The zero-order valence-electron chi connectivity index (χ0n) is 13.9. The van der Waals surface area contributed by atoms with Crippen LogP contribution in [0.3, 0.4) is 0 Å². The molecule has 0 saturated carbocycles. The third kappa shape index (κ3) is 4.31. The van der Waals surface area contributed by atoms with Crippen molar-refractivity contribution in [2.24, 2.45) is 0 Å². The maximum absolute atomic E-state index is 12.4. The maximum Gasteiger partial charge on any atom is 0.240 e. The summed E-state index contributed by atoms with van der Waals surface area (Å²) in [5, 5.41) is 8.99. The monoisotopic (exact) mass is 392 g/mol. The number of nitriles is 1. The lowest BCUT2D eigenvalue weighted by molar-refractivity contribution is 0.122. The largest absolute Gasteiger partial charge is 0.378 e. The first kappa shape index (κ1) is 18.6. The van der Waals surface area contributed by atoms with Crippen molar-refractivity contribution in [2.75, 3.05) is 31.2 Å². The topological polar surface area (TPSA) is 95.3 Å². The second-order valence-electron chi connectivity index (χ2n) is 5.70. The van der Waals surface area contributed by atoms with Crippen LogP contribution in [0.15, 0.2) is 41.4 Å². The molecule has 1 saturated heterocycles. The van der Waals surface area contributed by atoms with E-state index in [0.717, 1.165) is 24.5 Å². The van der Waals surface area contributed by atoms with Crippen molar-refractivity contribution < 1.29 is 13.2 Å². The number of nitrogens with one attached hydrogen (secondary N) is 1. The molecular formula is C17H17ClN4O3S. The molecule has 7 nitrogen and oxygen atoms in total. The Kier molecular flexibility index (Phi) is 5.74. The van der Waals surface area contributed by atoms with E-state index in [1.807, 2.05) is 12.1 Å². The first-order chi connectivity index (χ1) is 12.5. The second kappa shape index (κ2) is 8.01. The molecule has 0 unspecified atom stereocenters. The maximum atomic E-state index is 12.4. The van der Waals surface area contributed by atoms with Crippen molar-refractivity contribution in [3.05, 3.63) is 52.7 Å². The van der Waals surface area contributed by atoms with Gasteiger partial charge in [0.15, 0.2) is 0 Å². The highest BCUT2D eigenvalue weighted by Gasteiger charge is 2.17. The molecule has 1 aromatic heterocycles. The van der Waals surface area contributed by atoms with E-state index in [0.29, 0.717) is 13.2 Å². The standard InChI is InChI=1S/C17H17ClN4O3S/c18-16-10-15(2-1-14(16)11-19)26(23,24)21-12-13-3-4-20-17(9-13)22-5-7-25-8-6-22/h1-4,9-10,21H,5-8,12H2. The fourth-order valence-electron chi connectivity index (χ4n) is 2.55. The van der Waals surface area contributed by atoms with Crippen LogP contribution in [0, 0.1) is 11.3 Å². The zero-order valence-corrected chi connectivity index (χ0v) is 15.4. The molecule has 0 radical (unpaired) electrons. The number of halogens is 1. The fourth-order valence-corrected chi connectivity index (χ4v) is 3.88. The number of pyridine rings is 1. The van der Waals surface area contributed by atoms with Gasteiger partial charge in [0.2, 0.25) is 10.0 Å². The lowest BCUT2D eigenvalue weighted by Gasteiger charge is -2.28. The van der Waals surface area contributed by atoms with Crippen LogP contribution in [0.25, 0.3) is 0 Å². The number of hydrogen-bond donors (Lipinski definition) is 1. The summed E-state index contributed by atoms with van der Waals surface area (Å²) in [5.41, 5.74) is 1.03. The van der Waals surface area contributed by atoms with Gasteiger partial charge in [0, 0.05) is 25.8 Å². The molecule has 0 atom stereocenters. The molecule has 9 heteroatoms. The summed E-state index contributed by atoms with van der Waals surface area (Å²) in [7, 11) is -3.74. The lowest BCUT2D eigenvalue weighted by Crippen LogP contribution is -2.36. The Morgan fingerprint density at radius 3 is 2.73 bits per heavy atom. The van der Waals surface area contributed by atoms with Crippen LogP contribution in [-0.2, 0) is 21.3 Å². The molecule has 1 aliphatic rings. The SMILES string of the molecule is N#Cc1ccc(S(=O)(=O)NCc2ccnc(N3CCOCC3)c2)cc1Cl. The number of anilines is 1. The Hall–Kier alpha value is -2.18. The van der Waals surface area contributed by atoms with Crippen LogP contribution in [0.2, 0.25) is 5.02 Å². The molecule has 136 valence electrons. The third-order valence-electron chi connectivity index (χ3n) is 3.98. The summed E-state index contributed by atoms with van der Waals surface area (Å²) in [6.45, 7) is 2.94. The Bertz CT molecular complexity index is 937. The van der Waals surface area contributed by atoms with Gasteiger partial charge in [-0.05, 0) is 35.9 Å². The van der Waals surface area contributed by atoms with Gasteiger partial charge in [-0.3, -0.25) is 0 Å². The van der Waals surface area contributed by atoms with Crippen molar-refractivity contribution in [1.82, 2.24) is 9.71 Å². The predicted octanol–water partition coefficient (Wildman–Crippen LogP) is 1.92. The molecule has 0 aliphatic carbocycles. The summed E-state index contributed by atoms with van der Waals surface area (Å²) >= 11 is 5.92. The summed E-state index contributed by atoms with van der Waals surface area (Å²) in [6, 6.07) is 9.54. The van der Waals surface area contributed by atoms with Crippen molar-refractivity contribution in [3.8, 4) is 6.07 Å². The van der Waals surface area contributed by atoms with Gasteiger partial charge in [0.1, 0.15) is 11.9 Å². The molecule has 3 rings (SSSR count). The van der Waals surface area contributed by atoms with E-state index in [9.17, 15) is 8.42 Å². The molecule has 26 heavy (non-hydrogen) atoms. The van der Waals surface area contributed by atoms with Crippen LogP contribution < -0.4 is 9.62 Å². The van der Waals surface area contributed by atoms with E-state index in [-0.39, 0.29) is 22.0 Å². The van der Waals surface area contributed by atoms with Gasteiger partial charge in [-0.1, -0.05) is 11.6 Å². The van der Waals surface area contributed by atoms with Gasteiger partial charge in [0.05, 0.1) is 28.7 Å². The number of sulfonamides is 1. The minimum absolute atomic E-state index is 0.0176. The highest BCUT2D eigenvalue weighted by atomic mass is 35.5. The molecular weight excluding hydrogens is 376 g/mol. The number of rotatable bonds is 5. The lowest BCUT2D eigenvalue weighted by atomic mass is 10.2. The zero-order chi connectivity index (χ0) is 18.6. The number of hydrogen-bond acceptors (Lipinski definition) is 6. The van der Waals surface area contributed by atoms with Gasteiger partial charge < -0.3 is 9.64 Å². The first-order valence-electron chi connectivity index (χ1n) is 7.96. The Labute approximate surface area is 157 Å². The van der Waals surface area contributed by atoms with Crippen molar-refractivity contribution in [1.29, 1.82) is 5.26 Å². The molecule has 1 N–H and O–H groups in total. The van der Waals surface area contributed by atoms with E-state index >= 15 is 0 Å². The van der Waals surface area contributed by atoms with E-state index < -0.39 is 10.0 Å². The van der Waals surface area contributed by atoms with E-state index in [2.05, 4.69) is 14.6 Å². The Morgan fingerprint density at radius 2 is 2.04 bits per heavy atom. The average Bonchev–Trinajstić information content (AvgIpc) is 2.67. The summed E-state index contributed by atoms with van der Waals surface area (Å²) < 4.78 is 32.8. The summed E-state index contributed by atoms with van der Waals surface area (Å²) in [4.78, 5) is 6.46. The smallest absolute Gasteiger partial charge is 0.240 e. The van der Waals surface area contributed by atoms with Crippen LogP contribution >= 0.6 is 11.6 Å². The van der Waals surface area contributed by atoms with Gasteiger partial charge in [-0.25, -0.2) is 18.1 Å². The van der Waals surface area contributed by atoms with E-state index in [4.69, 9.17) is 21.6 Å². The van der Waals surface area contributed by atoms with Crippen molar-refractivity contribution >= 4 is 27.4 Å². The molecule has 0 bridgehead atoms. The summed E-state index contributed by atoms with van der Waals surface area (Å²) in [6.07, 6.45) is 1.66. The third-order valence-corrected chi connectivity index (χ3v) is 5.69. The van der Waals surface area contributed by atoms with Gasteiger partial charge >= 0.3 is 0 Å². The predicted molar refractivity (Wildman–Crippen MR) is 97.5 cm³/mol. The van der Waals surface area contributed by atoms with Gasteiger partial charge in [-0.15, -0.1) is 0 Å².